The van der Waals surface area contributed by atoms with E-state index in [0.29, 0.717) is 28.4 Å². The number of hydrogen-bond acceptors (Lipinski definition) is 5. The molecule has 8 heteroatoms. The summed E-state index contributed by atoms with van der Waals surface area (Å²) < 4.78 is 10.9. The monoisotopic (exact) mass is 461 g/mol. The lowest BCUT2D eigenvalue weighted by Gasteiger charge is -2.19. The van der Waals surface area contributed by atoms with Crippen molar-refractivity contribution in [1.29, 1.82) is 0 Å². The third kappa shape index (κ3) is 6.35. The van der Waals surface area contributed by atoms with Gasteiger partial charge in [0, 0.05) is 24.6 Å². The molecule has 0 saturated heterocycles. The molecule has 3 rings (SSSR count). The standard InChI is InChI=1S/C26H27N3O5/c1-17(30)27-20(18-10-6-4-7-11-18)16-25(31)28-21-14-24(34-3)22(15-23(21)33-2)29-26(32)19-12-8-5-9-13-19/h4-15,20H,16H2,1-3H3,(H,27,30)(H,28,31)(H,29,32). The number of anilines is 2. The maximum atomic E-state index is 12.9. The number of nitrogens with one attached hydrogen (secondary N) is 3. The summed E-state index contributed by atoms with van der Waals surface area (Å²) in [5.74, 6) is -0.183. The first-order chi connectivity index (χ1) is 16.4. The van der Waals surface area contributed by atoms with Crippen molar-refractivity contribution < 1.29 is 23.9 Å². The van der Waals surface area contributed by atoms with Crippen molar-refractivity contribution in [2.45, 2.75) is 19.4 Å². The van der Waals surface area contributed by atoms with Crippen LogP contribution < -0.4 is 25.4 Å². The van der Waals surface area contributed by atoms with Crippen LogP contribution in [0.5, 0.6) is 11.5 Å². The van der Waals surface area contributed by atoms with Gasteiger partial charge in [-0.05, 0) is 17.7 Å². The molecular formula is C26H27N3O5. The molecule has 0 saturated carbocycles. The summed E-state index contributed by atoms with van der Waals surface area (Å²) in [4.78, 5) is 37.1. The zero-order chi connectivity index (χ0) is 24.5. The van der Waals surface area contributed by atoms with Crippen LogP contribution in [0, 0.1) is 0 Å². The molecule has 8 nitrogen and oxygen atoms in total. The molecule has 0 aromatic heterocycles. The molecule has 34 heavy (non-hydrogen) atoms. The van der Waals surface area contributed by atoms with E-state index >= 15 is 0 Å². The summed E-state index contributed by atoms with van der Waals surface area (Å²) in [6, 6.07) is 20.7. The minimum Gasteiger partial charge on any atom is -0.494 e. The fourth-order valence-electron chi connectivity index (χ4n) is 3.45. The molecule has 176 valence electrons. The van der Waals surface area contributed by atoms with Gasteiger partial charge in [0.2, 0.25) is 11.8 Å². The van der Waals surface area contributed by atoms with Crippen molar-refractivity contribution >= 4 is 29.1 Å². The minimum atomic E-state index is -0.490. The number of rotatable bonds is 9. The smallest absolute Gasteiger partial charge is 0.255 e. The SMILES string of the molecule is COc1cc(NC(=O)c2ccccc2)c(OC)cc1NC(=O)CC(NC(C)=O)c1ccccc1. The molecule has 1 unspecified atom stereocenters. The first-order valence-electron chi connectivity index (χ1n) is 10.7. The fraction of sp³-hybridized carbons (Fsp3) is 0.192. The average Bonchev–Trinajstić information content (AvgIpc) is 2.85. The van der Waals surface area contributed by atoms with E-state index < -0.39 is 6.04 Å². The van der Waals surface area contributed by atoms with Gasteiger partial charge in [-0.15, -0.1) is 0 Å². The van der Waals surface area contributed by atoms with Gasteiger partial charge in [0.25, 0.3) is 5.91 Å². The highest BCUT2D eigenvalue weighted by Gasteiger charge is 2.20. The van der Waals surface area contributed by atoms with Crippen molar-refractivity contribution in [1.82, 2.24) is 5.32 Å². The zero-order valence-electron chi connectivity index (χ0n) is 19.3. The van der Waals surface area contributed by atoms with Crippen LogP contribution in [-0.4, -0.2) is 31.9 Å². The summed E-state index contributed by atoms with van der Waals surface area (Å²) in [6.07, 6.45) is 0.0154. The van der Waals surface area contributed by atoms with E-state index in [-0.39, 0.29) is 24.1 Å². The second kappa shape index (κ2) is 11.5. The maximum absolute atomic E-state index is 12.9. The van der Waals surface area contributed by atoms with Crippen molar-refractivity contribution in [3.63, 3.8) is 0 Å². The Bertz CT molecular complexity index is 1150. The summed E-state index contributed by atoms with van der Waals surface area (Å²) in [5.41, 5.74) is 2.07. The number of amides is 3. The molecule has 3 aromatic rings. The molecule has 3 aromatic carbocycles. The number of hydrogen-bond donors (Lipinski definition) is 3. The summed E-state index contributed by atoms with van der Waals surface area (Å²) in [6.45, 7) is 1.41. The normalized spacial score (nSPS) is 11.1. The maximum Gasteiger partial charge on any atom is 0.255 e. The van der Waals surface area contributed by atoms with Crippen LogP contribution in [0.3, 0.4) is 0 Å². The topological polar surface area (TPSA) is 106 Å². The van der Waals surface area contributed by atoms with Gasteiger partial charge < -0.3 is 25.4 Å². The Morgan fingerprint density at radius 1 is 0.794 bits per heavy atom. The quantitative estimate of drug-likeness (QED) is 0.444. The second-order valence-electron chi connectivity index (χ2n) is 7.49. The highest BCUT2D eigenvalue weighted by molar-refractivity contribution is 6.05. The summed E-state index contributed by atoms with van der Waals surface area (Å²) in [5, 5.41) is 8.43. The number of methoxy groups -OCH3 is 2. The lowest BCUT2D eigenvalue weighted by atomic mass is 10.0. The molecule has 3 amide bonds. The molecule has 0 aliphatic heterocycles. The number of benzene rings is 3. The predicted octanol–water partition coefficient (Wildman–Crippen LogP) is 4.16. The van der Waals surface area contributed by atoms with E-state index in [9.17, 15) is 14.4 Å². The van der Waals surface area contributed by atoms with Crippen LogP contribution in [0.25, 0.3) is 0 Å². The van der Waals surface area contributed by atoms with E-state index in [4.69, 9.17) is 9.47 Å². The fourth-order valence-corrected chi connectivity index (χ4v) is 3.45. The minimum absolute atomic E-state index is 0.0154. The Morgan fingerprint density at radius 2 is 1.32 bits per heavy atom. The molecule has 1 atom stereocenters. The first-order valence-corrected chi connectivity index (χ1v) is 10.7. The Hall–Kier alpha value is -4.33. The first kappa shape index (κ1) is 24.3. The molecule has 0 spiro atoms. The van der Waals surface area contributed by atoms with E-state index in [2.05, 4.69) is 16.0 Å². The van der Waals surface area contributed by atoms with Gasteiger partial charge in [-0.2, -0.15) is 0 Å². The molecule has 0 aliphatic rings. The van der Waals surface area contributed by atoms with Gasteiger partial charge in [-0.25, -0.2) is 0 Å². The Morgan fingerprint density at radius 3 is 1.85 bits per heavy atom. The van der Waals surface area contributed by atoms with Gasteiger partial charge in [-0.3, -0.25) is 14.4 Å². The highest BCUT2D eigenvalue weighted by atomic mass is 16.5. The van der Waals surface area contributed by atoms with Crippen molar-refractivity contribution in [3.8, 4) is 11.5 Å². The summed E-state index contributed by atoms with van der Waals surface area (Å²) in [7, 11) is 2.93. The Balaban J connectivity index is 1.80. The van der Waals surface area contributed by atoms with Gasteiger partial charge in [0.05, 0.1) is 38.1 Å². The van der Waals surface area contributed by atoms with Crippen molar-refractivity contribution in [2.75, 3.05) is 24.9 Å². The third-order valence-corrected chi connectivity index (χ3v) is 5.05. The van der Waals surface area contributed by atoms with E-state index in [1.54, 1.807) is 36.4 Å². The lowest BCUT2D eigenvalue weighted by Crippen LogP contribution is -2.29. The van der Waals surface area contributed by atoms with Crippen LogP contribution in [-0.2, 0) is 9.59 Å². The molecule has 0 bridgehead atoms. The number of carbonyl (C=O) groups excluding carboxylic acids is 3. The van der Waals surface area contributed by atoms with Gasteiger partial charge in [0.1, 0.15) is 11.5 Å². The van der Waals surface area contributed by atoms with Crippen LogP contribution in [0.4, 0.5) is 11.4 Å². The van der Waals surface area contributed by atoms with Gasteiger partial charge in [-0.1, -0.05) is 48.5 Å². The molecule has 0 radical (unpaired) electrons. The number of carbonyl (C=O) groups is 3. The van der Waals surface area contributed by atoms with Gasteiger partial charge >= 0.3 is 0 Å². The molecule has 0 fully saturated rings. The van der Waals surface area contributed by atoms with Crippen molar-refractivity contribution in [2.24, 2.45) is 0 Å². The zero-order valence-corrected chi connectivity index (χ0v) is 19.3. The molecule has 0 heterocycles. The van der Waals surface area contributed by atoms with Crippen LogP contribution >= 0.6 is 0 Å². The van der Waals surface area contributed by atoms with Gasteiger partial charge in [0.15, 0.2) is 0 Å². The lowest BCUT2D eigenvalue weighted by molar-refractivity contribution is -0.120. The number of ether oxygens (including phenoxy) is 2. The van der Waals surface area contributed by atoms with E-state index in [1.807, 2.05) is 36.4 Å². The largest absolute Gasteiger partial charge is 0.494 e. The molecule has 0 aliphatic carbocycles. The predicted molar refractivity (Wildman–Crippen MR) is 130 cm³/mol. The van der Waals surface area contributed by atoms with E-state index in [1.165, 1.54) is 21.1 Å². The van der Waals surface area contributed by atoms with Crippen LogP contribution in [0.2, 0.25) is 0 Å². The Kier molecular flexibility index (Phi) is 8.23. The third-order valence-electron chi connectivity index (χ3n) is 5.05. The second-order valence-corrected chi connectivity index (χ2v) is 7.49. The molecule has 3 N–H and O–H groups in total. The van der Waals surface area contributed by atoms with E-state index in [0.717, 1.165) is 5.56 Å². The highest BCUT2D eigenvalue weighted by Crippen LogP contribution is 2.37. The average molecular weight is 462 g/mol. The summed E-state index contributed by atoms with van der Waals surface area (Å²) >= 11 is 0. The van der Waals surface area contributed by atoms with Crippen LogP contribution in [0.15, 0.2) is 72.8 Å². The van der Waals surface area contributed by atoms with Crippen LogP contribution in [0.1, 0.15) is 35.3 Å². The Labute approximate surface area is 198 Å². The van der Waals surface area contributed by atoms with Crippen molar-refractivity contribution in [3.05, 3.63) is 83.9 Å². The molecular weight excluding hydrogens is 434 g/mol.